The molecule has 0 unspecified atom stereocenters. The summed E-state index contributed by atoms with van der Waals surface area (Å²) in [6, 6.07) is 7.73. The SMILES string of the molecule is COc1cc(CN(CCN(C)C)Cc2cccnc2)cc(OC)c1O. The van der Waals surface area contributed by atoms with Crippen LogP contribution < -0.4 is 9.47 Å². The lowest BCUT2D eigenvalue weighted by Crippen LogP contribution is -2.31. The van der Waals surface area contributed by atoms with Gasteiger partial charge in [0.05, 0.1) is 14.2 Å². The molecule has 2 aromatic rings. The number of phenols is 1. The normalized spacial score (nSPS) is 11.1. The number of hydrogen-bond donors (Lipinski definition) is 1. The minimum Gasteiger partial charge on any atom is -0.502 e. The first-order chi connectivity index (χ1) is 12.0. The highest BCUT2D eigenvalue weighted by Crippen LogP contribution is 2.37. The van der Waals surface area contributed by atoms with Crippen LogP contribution in [0.5, 0.6) is 17.2 Å². The van der Waals surface area contributed by atoms with Crippen molar-refractivity contribution in [3.8, 4) is 17.2 Å². The van der Waals surface area contributed by atoms with E-state index in [0.717, 1.165) is 31.7 Å². The minimum atomic E-state index is 0.0286. The largest absolute Gasteiger partial charge is 0.502 e. The fourth-order valence-electron chi connectivity index (χ4n) is 2.60. The molecule has 0 radical (unpaired) electrons. The summed E-state index contributed by atoms with van der Waals surface area (Å²) in [6.07, 6.45) is 3.67. The Balaban J connectivity index is 2.20. The molecule has 1 heterocycles. The number of pyridine rings is 1. The number of ether oxygens (including phenoxy) is 2. The van der Waals surface area contributed by atoms with Crippen LogP contribution in [0.2, 0.25) is 0 Å². The molecular formula is C19H27N3O3. The summed E-state index contributed by atoms with van der Waals surface area (Å²) < 4.78 is 10.5. The number of benzene rings is 1. The van der Waals surface area contributed by atoms with Crippen molar-refractivity contribution in [3.63, 3.8) is 0 Å². The zero-order chi connectivity index (χ0) is 18.2. The van der Waals surface area contributed by atoms with Crippen molar-refractivity contribution in [2.24, 2.45) is 0 Å². The number of nitrogens with zero attached hydrogens (tertiary/aromatic N) is 3. The molecule has 1 aromatic carbocycles. The third-order valence-corrected chi connectivity index (χ3v) is 3.94. The summed E-state index contributed by atoms with van der Waals surface area (Å²) in [5, 5.41) is 10.1. The van der Waals surface area contributed by atoms with Crippen molar-refractivity contribution in [2.45, 2.75) is 13.1 Å². The predicted molar refractivity (Wildman–Crippen MR) is 98.1 cm³/mol. The Labute approximate surface area is 149 Å². The lowest BCUT2D eigenvalue weighted by Gasteiger charge is -2.24. The molecule has 0 saturated carbocycles. The second-order valence-electron chi connectivity index (χ2n) is 6.22. The highest BCUT2D eigenvalue weighted by molar-refractivity contribution is 5.52. The maximum Gasteiger partial charge on any atom is 0.200 e. The molecule has 0 aliphatic rings. The van der Waals surface area contributed by atoms with Gasteiger partial charge in [0.2, 0.25) is 5.75 Å². The van der Waals surface area contributed by atoms with Gasteiger partial charge in [-0.25, -0.2) is 0 Å². The van der Waals surface area contributed by atoms with Crippen LogP contribution in [-0.4, -0.2) is 61.3 Å². The van der Waals surface area contributed by atoms with Crippen LogP contribution in [0, 0.1) is 0 Å². The minimum absolute atomic E-state index is 0.0286. The Hall–Kier alpha value is -2.31. The first-order valence-corrected chi connectivity index (χ1v) is 8.23. The monoisotopic (exact) mass is 345 g/mol. The molecule has 0 amide bonds. The van der Waals surface area contributed by atoms with E-state index in [1.54, 1.807) is 6.20 Å². The molecule has 136 valence electrons. The van der Waals surface area contributed by atoms with Gasteiger partial charge in [-0.05, 0) is 43.4 Å². The molecule has 0 bridgehead atoms. The maximum atomic E-state index is 10.1. The number of rotatable bonds is 9. The van der Waals surface area contributed by atoms with Crippen molar-refractivity contribution in [2.75, 3.05) is 41.4 Å². The van der Waals surface area contributed by atoms with E-state index in [9.17, 15) is 5.11 Å². The van der Waals surface area contributed by atoms with Crippen LogP contribution in [0.4, 0.5) is 0 Å². The molecular weight excluding hydrogens is 318 g/mol. The Kier molecular flexibility index (Phi) is 7.03. The zero-order valence-corrected chi connectivity index (χ0v) is 15.4. The lowest BCUT2D eigenvalue weighted by molar-refractivity contribution is 0.225. The number of methoxy groups -OCH3 is 2. The van der Waals surface area contributed by atoms with Crippen molar-refractivity contribution in [1.82, 2.24) is 14.8 Å². The van der Waals surface area contributed by atoms with Gasteiger partial charge in [-0.2, -0.15) is 0 Å². The quantitative estimate of drug-likeness (QED) is 0.753. The third-order valence-electron chi connectivity index (χ3n) is 3.94. The molecule has 6 heteroatoms. The molecule has 0 saturated heterocycles. The van der Waals surface area contributed by atoms with Crippen LogP contribution in [0.25, 0.3) is 0 Å². The van der Waals surface area contributed by atoms with E-state index in [0.29, 0.717) is 11.5 Å². The van der Waals surface area contributed by atoms with Crippen molar-refractivity contribution in [3.05, 3.63) is 47.8 Å². The van der Waals surface area contributed by atoms with E-state index < -0.39 is 0 Å². The summed E-state index contributed by atoms with van der Waals surface area (Å²) >= 11 is 0. The van der Waals surface area contributed by atoms with Gasteiger partial charge in [-0.3, -0.25) is 9.88 Å². The molecule has 25 heavy (non-hydrogen) atoms. The van der Waals surface area contributed by atoms with E-state index >= 15 is 0 Å². The van der Waals surface area contributed by atoms with Gasteiger partial charge in [0.25, 0.3) is 0 Å². The Morgan fingerprint density at radius 1 is 1.00 bits per heavy atom. The number of hydrogen-bond acceptors (Lipinski definition) is 6. The Bertz CT molecular complexity index is 637. The zero-order valence-electron chi connectivity index (χ0n) is 15.4. The standard InChI is InChI=1S/C19H27N3O3/c1-21(2)8-9-22(13-15-6-5-7-20-12-15)14-16-10-17(24-3)19(23)18(11-16)25-4/h5-7,10-12,23H,8-9,13-14H2,1-4H3. The number of aromatic nitrogens is 1. The Morgan fingerprint density at radius 2 is 1.64 bits per heavy atom. The van der Waals surface area contributed by atoms with Gasteiger partial charge in [-0.15, -0.1) is 0 Å². The number of aromatic hydroxyl groups is 1. The van der Waals surface area contributed by atoms with Crippen molar-refractivity contribution >= 4 is 0 Å². The highest BCUT2D eigenvalue weighted by atomic mass is 16.5. The summed E-state index contributed by atoms with van der Waals surface area (Å²) in [5.74, 6) is 0.868. The molecule has 1 aromatic heterocycles. The fraction of sp³-hybridized carbons (Fsp3) is 0.421. The first-order valence-electron chi connectivity index (χ1n) is 8.23. The van der Waals surface area contributed by atoms with E-state index in [1.807, 2.05) is 24.4 Å². The first kappa shape index (κ1) is 19.0. The van der Waals surface area contributed by atoms with Crippen molar-refractivity contribution < 1.29 is 14.6 Å². The molecule has 0 atom stereocenters. The molecule has 1 N–H and O–H groups in total. The predicted octanol–water partition coefficient (Wildman–Crippen LogP) is 2.37. The van der Waals surface area contributed by atoms with Gasteiger partial charge in [0.1, 0.15) is 0 Å². The van der Waals surface area contributed by atoms with Gasteiger partial charge in [0.15, 0.2) is 11.5 Å². The van der Waals surface area contributed by atoms with Crippen LogP contribution in [0.1, 0.15) is 11.1 Å². The summed E-state index contributed by atoms with van der Waals surface area (Å²) in [6.45, 7) is 3.38. The van der Waals surface area contributed by atoms with Gasteiger partial charge >= 0.3 is 0 Å². The van der Waals surface area contributed by atoms with Gasteiger partial charge < -0.3 is 19.5 Å². The van der Waals surface area contributed by atoms with Gasteiger partial charge in [0, 0.05) is 38.6 Å². The summed E-state index contributed by atoms with van der Waals surface area (Å²) in [7, 11) is 7.21. The van der Waals surface area contributed by atoms with E-state index in [1.165, 1.54) is 19.8 Å². The smallest absolute Gasteiger partial charge is 0.200 e. The number of phenolic OH excluding ortho intramolecular Hbond substituents is 1. The van der Waals surface area contributed by atoms with Crippen molar-refractivity contribution in [1.29, 1.82) is 0 Å². The van der Waals surface area contributed by atoms with E-state index in [4.69, 9.17) is 9.47 Å². The number of likely N-dealkylation sites (N-methyl/N-ethyl adjacent to an activating group) is 1. The van der Waals surface area contributed by atoms with Gasteiger partial charge in [-0.1, -0.05) is 6.07 Å². The third kappa shape index (κ3) is 5.62. The topological polar surface area (TPSA) is 58.1 Å². The van der Waals surface area contributed by atoms with E-state index in [-0.39, 0.29) is 5.75 Å². The lowest BCUT2D eigenvalue weighted by atomic mass is 10.1. The van der Waals surface area contributed by atoms with Crippen LogP contribution in [0.3, 0.4) is 0 Å². The second-order valence-corrected chi connectivity index (χ2v) is 6.22. The van der Waals surface area contributed by atoms with E-state index in [2.05, 4.69) is 34.9 Å². The molecule has 0 fully saturated rings. The molecule has 2 rings (SSSR count). The average Bonchev–Trinajstić information content (AvgIpc) is 2.61. The Morgan fingerprint density at radius 3 is 2.16 bits per heavy atom. The fourth-order valence-corrected chi connectivity index (χ4v) is 2.60. The molecule has 0 aliphatic heterocycles. The molecule has 0 aliphatic carbocycles. The van der Waals surface area contributed by atoms with Crippen LogP contribution in [0.15, 0.2) is 36.7 Å². The van der Waals surface area contributed by atoms with Crippen LogP contribution in [-0.2, 0) is 13.1 Å². The molecule has 6 nitrogen and oxygen atoms in total. The highest BCUT2D eigenvalue weighted by Gasteiger charge is 2.14. The molecule has 0 spiro atoms. The van der Waals surface area contributed by atoms with Crippen LogP contribution >= 0.6 is 0 Å². The maximum absolute atomic E-state index is 10.1. The summed E-state index contributed by atoms with van der Waals surface area (Å²) in [4.78, 5) is 8.69. The summed E-state index contributed by atoms with van der Waals surface area (Å²) in [5.41, 5.74) is 2.19. The average molecular weight is 345 g/mol. The second kappa shape index (κ2) is 9.25.